The van der Waals surface area contributed by atoms with Crippen molar-refractivity contribution in [2.45, 2.75) is 45.1 Å². The van der Waals surface area contributed by atoms with Crippen LogP contribution in [0.15, 0.2) is 16.6 Å². The summed E-state index contributed by atoms with van der Waals surface area (Å²) in [4.78, 5) is 14.8. The standard InChI is InChI=1S/C17H20BrNO3/c1-3-10-13(18)6-5-11-12-7-8-22-17(4-2,9-14(20)21)16(12)19-15(10)11/h5-6,19H,3-4,7-9H2,1-2H3,(H,20,21). The normalized spacial score (nSPS) is 21.0. The second-order valence-corrected chi connectivity index (χ2v) is 6.65. The second-order valence-electron chi connectivity index (χ2n) is 5.80. The number of fused-ring (bicyclic) bond motifs is 3. The summed E-state index contributed by atoms with van der Waals surface area (Å²) < 4.78 is 7.05. The van der Waals surface area contributed by atoms with Crippen LogP contribution in [-0.2, 0) is 28.0 Å². The van der Waals surface area contributed by atoms with Crippen LogP contribution in [0, 0.1) is 0 Å². The average molecular weight is 366 g/mol. The Morgan fingerprint density at radius 2 is 2.23 bits per heavy atom. The first-order chi connectivity index (χ1) is 10.5. The minimum Gasteiger partial charge on any atom is -0.481 e. The number of hydrogen-bond acceptors (Lipinski definition) is 2. The van der Waals surface area contributed by atoms with Crippen LogP contribution in [0.25, 0.3) is 10.9 Å². The molecule has 1 aromatic carbocycles. The predicted octanol–water partition coefficient (Wildman–Crippen LogP) is 4.15. The lowest BCUT2D eigenvalue weighted by atomic mass is 9.86. The fraction of sp³-hybridized carbons (Fsp3) is 0.471. The minimum atomic E-state index is -0.828. The molecule has 0 bridgehead atoms. The van der Waals surface area contributed by atoms with E-state index < -0.39 is 11.6 Å². The molecule has 0 saturated carbocycles. The van der Waals surface area contributed by atoms with Crippen LogP contribution in [0.2, 0.25) is 0 Å². The molecule has 0 spiro atoms. The molecular formula is C17H20BrNO3. The number of carboxylic acids is 1. The van der Waals surface area contributed by atoms with E-state index in [-0.39, 0.29) is 6.42 Å². The number of ether oxygens (including phenoxy) is 1. The molecule has 4 nitrogen and oxygen atoms in total. The Bertz CT molecular complexity index is 737. The molecule has 0 radical (unpaired) electrons. The van der Waals surface area contributed by atoms with Crippen molar-refractivity contribution in [2.24, 2.45) is 0 Å². The van der Waals surface area contributed by atoms with E-state index in [1.165, 1.54) is 16.5 Å². The Morgan fingerprint density at radius 3 is 2.86 bits per heavy atom. The number of carboxylic acid groups (broad SMARTS) is 1. The topological polar surface area (TPSA) is 62.3 Å². The summed E-state index contributed by atoms with van der Waals surface area (Å²) in [6.45, 7) is 4.68. The van der Waals surface area contributed by atoms with Gasteiger partial charge in [-0.2, -0.15) is 0 Å². The van der Waals surface area contributed by atoms with E-state index in [0.29, 0.717) is 13.0 Å². The van der Waals surface area contributed by atoms with Gasteiger partial charge in [0, 0.05) is 9.86 Å². The number of benzene rings is 1. The summed E-state index contributed by atoms with van der Waals surface area (Å²) in [5.74, 6) is -0.828. The third-order valence-electron chi connectivity index (χ3n) is 4.68. The molecule has 0 amide bonds. The number of halogens is 1. The molecule has 22 heavy (non-hydrogen) atoms. The summed E-state index contributed by atoms with van der Waals surface area (Å²) in [5, 5.41) is 10.5. The largest absolute Gasteiger partial charge is 0.481 e. The fourth-order valence-electron chi connectivity index (χ4n) is 3.55. The summed E-state index contributed by atoms with van der Waals surface area (Å²) >= 11 is 3.61. The smallest absolute Gasteiger partial charge is 0.306 e. The number of rotatable bonds is 4. The number of aromatic nitrogens is 1. The number of carbonyl (C=O) groups is 1. The minimum absolute atomic E-state index is 0.00799. The van der Waals surface area contributed by atoms with Gasteiger partial charge in [0.15, 0.2) is 0 Å². The lowest BCUT2D eigenvalue weighted by Gasteiger charge is -2.35. The SMILES string of the molecule is CCc1c(Br)ccc2c3c([nH]c12)C(CC)(CC(=O)O)OCC3. The Labute approximate surface area is 138 Å². The van der Waals surface area contributed by atoms with Crippen molar-refractivity contribution in [3.8, 4) is 0 Å². The van der Waals surface area contributed by atoms with Gasteiger partial charge in [-0.1, -0.05) is 35.8 Å². The molecular weight excluding hydrogens is 346 g/mol. The molecule has 2 aromatic rings. The molecule has 0 saturated heterocycles. The quantitative estimate of drug-likeness (QED) is 0.855. The first-order valence-corrected chi connectivity index (χ1v) is 8.50. The lowest BCUT2D eigenvalue weighted by Crippen LogP contribution is -2.37. The maximum absolute atomic E-state index is 11.3. The third kappa shape index (κ3) is 2.27. The Morgan fingerprint density at radius 1 is 1.45 bits per heavy atom. The monoisotopic (exact) mass is 365 g/mol. The van der Waals surface area contributed by atoms with Crippen LogP contribution in [0.4, 0.5) is 0 Å². The van der Waals surface area contributed by atoms with Crippen molar-refractivity contribution in [3.05, 3.63) is 33.4 Å². The van der Waals surface area contributed by atoms with E-state index in [2.05, 4.69) is 40.0 Å². The predicted molar refractivity (Wildman–Crippen MR) is 89.3 cm³/mol. The highest BCUT2D eigenvalue weighted by Crippen LogP contribution is 2.42. The highest BCUT2D eigenvalue weighted by atomic mass is 79.9. The molecule has 1 aliphatic heterocycles. The molecule has 2 heterocycles. The zero-order chi connectivity index (χ0) is 15.9. The number of H-pyrrole nitrogens is 1. The van der Waals surface area contributed by atoms with E-state index in [1.54, 1.807) is 0 Å². The molecule has 1 aliphatic rings. The highest BCUT2D eigenvalue weighted by molar-refractivity contribution is 9.10. The lowest BCUT2D eigenvalue weighted by molar-refractivity contribution is -0.148. The van der Waals surface area contributed by atoms with Crippen molar-refractivity contribution < 1.29 is 14.6 Å². The maximum Gasteiger partial charge on any atom is 0.306 e. The molecule has 1 unspecified atom stereocenters. The molecule has 2 N–H and O–H groups in total. The molecule has 1 atom stereocenters. The van der Waals surface area contributed by atoms with Gasteiger partial charge in [0.2, 0.25) is 0 Å². The first kappa shape index (κ1) is 15.6. The fourth-order valence-corrected chi connectivity index (χ4v) is 4.16. The van der Waals surface area contributed by atoms with Gasteiger partial charge in [0.25, 0.3) is 0 Å². The molecule has 118 valence electrons. The van der Waals surface area contributed by atoms with Gasteiger partial charge in [0.05, 0.1) is 24.2 Å². The van der Waals surface area contributed by atoms with Crippen LogP contribution < -0.4 is 0 Å². The molecule has 3 rings (SSSR count). The zero-order valence-electron chi connectivity index (χ0n) is 12.8. The number of aromatic amines is 1. The Kier molecular flexibility index (Phi) is 4.03. The average Bonchev–Trinajstić information content (AvgIpc) is 2.86. The van der Waals surface area contributed by atoms with Crippen LogP contribution in [-0.4, -0.2) is 22.7 Å². The van der Waals surface area contributed by atoms with Crippen LogP contribution >= 0.6 is 15.9 Å². The second kappa shape index (κ2) is 5.70. The van der Waals surface area contributed by atoms with Crippen molar-refractivity contribution in [1.82, 2.24) is 4.98 Å². The number of aliphatic carboxylic acids is 1. The van der Waals surface area contributed by atoms with Gasteiger partial charge < -0.3 is 14.8 Å². The van der Waals surface area contributed by atoms with E-state index in [1.807, 2.05) is 6.92 Å². The molecule has 0 fully saturated rings. The van der Waals surface area contributed by atoms with E-state index >= 15 is 0 Å². The molecule has 0 aliphatic carbocycles. The number of hydrogen-bond donors (Lipinski definition) is 2. The van der Waals surface area contributed by atoms with Crippen LogP contribution in [0.3, 0.4) is 0 Å². The first-order valence-electron chi connectivity index (χ1n) is 7.70. The van der Waals surface area contributed by atoms with E-state index in [0.717, 1.165) is 28.5 Å². The number of nitrogens with one attached hydrogen (secondary N) is 1. The van der Waals surface area contributed by atoms with Gasteiger partial charge in [-0.05, 0) is 36.5 Å². The summed E-state index contributed by atoms with van der Waals surface area (Å²) in [7, 11) is 0. The van der Waals surface area contributed by atoms with Gasteiger partial charge >= 0.3 is 5.97 Å². The van der Waals surface area contributed by atoms with Crippen LogP contribution in [0.5, 0.6) is 0 Å². The van der Waals surface area contributed by atoms with Gasteiger partial charge in [0.1, 0.15) is 5.60 Å². The summed E-state index contributed by atoms with van der Waals surface area (Å²) in [6, 6.07) is 4.19. The van der Waals surface area contributed by atoms with Gasteiger partial charge in [-0.25, -0.2) is 0 Å². The van der Waals surface area contributed by atoms with Crippen LogP contribution in [0.1, 0.15) is 43.5 Å². The van der Waals surface area contributed by atoms with Crippen molar-refractivity contribution in [1.29, 1.82) is 0 Å². The summed E-state index contributed by atoms with van der Waals surface area (Å²) in [6.07, 6.45) is 2.37. The molecule has 5 heteroatoms. The van der Waals surface area contributed by atoms with Crippen molar-refractivity contribution in [2.75, 3.05) is 6.61 Å². The third-order valence-corrected chi connectivity index (χ3v) is 5.42. The van der Waals surface area contributed by atoms with E-state index in [4.69, 9.17) is 4.74 Å². The maximum atomic E-state index is 11.3. The Hall–Kier alpha value is -1.33. The molecule has 1 aromatic heterocycles. The highest BCUT2D eigenvalue weighted by Gasteiger charge is 2.41. The van der Waals surface area contributed by atoms with Gasteiger partial charge in [-0.15, -0.1) is 0 Å². The van der Waals surface area contributed by atoms with E-state index in [9.17, 15) is 9.90 Å². The Balaban J connectivity index is 2.27. The van der Waals surface area contributed by atoms with Crippen molar-refractivity contribution in [3.63, 3.8) is 0 Å². The number of aryl methyl sites for hydroxylation is 1. The van der Waals surface area contributed by atoms with Gasteiger partial charge in [-0.3, -0.25) is 4.79 Å². The zero-order valence-corrected chi connectivity index (χ0v) is 14.4. The van der Waals surface area contributed by atoms with Crippen molar-refractivity contribution >= 4 is 32.8 Å². The summed E-state index contributed by atoms with van der Waals surface area (Å²) in [5.41, 5.74) is 3.76.